The quantitative estimate of drug-likeness (QED) is 0.347. The van der Waals surface area contributed by atoms with E-state index in [0.29, 0.717) is 22.0 Å². The molecule has 8 heteroatoms. The van der Waals surface area contributed by atoms with Crippen LogP contribution in [0.3, 0.4) is 0 Å². The Hall–Kier alpha value is -4.61. The van der Waals surface area contributed by atoms with Gasteiger partial charge in [0.05, 0.1) is 33.8 Å². The number of hydrogen-bond donors (Lipinski definition) is 1. The summed E-state index contributed by atoms with van der Waals surface area (Å²) in [6.45, 7) is 1.68. The van der Waals surface area contributed by atoms with Crippen LogP contribution in [-0.2, 0) is 4.79 Å². The maximum absolute atomic E-state index is 15.0. The Morgan fingerprint density at radius 1 is 1.06 bits per heavy atom. The lowest BCUT2D eigenvalue weighted by atomic mass is 9.94. The lowest BCUT2D eigenvalue weighted by Gasteiger charge is -2.27. The van der Waals surface area contributed by atoms with Gasteiger partial charge in [-0.2, -0.15) is 5.26 Å². The third-order valence-electron chi connectivity index (χ3n) is 5.95. The molecule has 0 bridgehead atoms. The van der Waals surface area contributed by atoms with Crippen molar-refractivity contribution in [2.24, 2.45) is 0 Å². The number of hydrogen-bond acceptors (Lipinski definition) is 6. The molecule has 1 aliphatic heterocycles. The van der Waals surface area contributed by atoms with E-state index in [4.69, 9.17) is 5.26 Å². The molecule has 1 aromatic heterocycles. The molecular formula is C28H18FN3O3S. The molecular weight excluding hydrogens is 477 g/mol. The van der Waals surface area contributed by atoms with Crippen LogP contribution >= 0.6 is 11.3 Å². The van der Waals surface area contributed by atoms with Crippen molar-refractivity contribution in [3.8, 4) is 16.6 Å². The number of Topliss-reactive ketones (excluding diaryl/α,β-unsaturated/α-hetero) is 1. The standard InChI is InChI=1S/C28H18FN3O3S/c1-16-26(36-27(31-16)18-7-3-2-4-8-18)24(33)22-23(20-9-5-6-10-21(20)29)32(28(35)25(22)34)19-13-11-17(15-30)12-14-19/h2-14,23,34H,1H3. The Balaban J connectivity index is 1.64. The van der Waals surface area contributed by atoms with Gasteiger partial charge in [0.15, 0.2) is 5.76 Å². The van der Waals surface area contributed by atoms with E-state index in [1.165, 1.54) is 47.4 Å². The van der Waals surface area contributed by atoms with Crippen molar-refractivity contribution in [2.75, 3.05) is 4.90 Å². The molecule has 176 valence electrons. The van der Waals surface area contributed by atoms with Gasteiger partial charge in [0.25, 0.3) is 5.91 Å². The highest BCUT2D eigenvalue weighted by Gasteiger charge is 2.46. The Morgan fingerprint density at radius 3 is 2.39 bits per heavy atom. The maximum atomic E-state index is 15.0. The van der Waals surface area contributed by atoms with Crippen molar-refractivity contribution in [1.82, 2.24) is 4.98 Å². The summed E-state index contributed by atoms with van der Waals surface area (Å²) in [5.74, 6) is -2.80. The van der Waals surface area contributed by atoms with Gasteiger partial charge in [-0.3, -0.25) is 14.5 Å². The summed E-state index contributed by atoms with van der Waals surface area (Å²) in [7, 11) is 0. The Morgan fingerprint density at radius 2 is 1.72 bits per heavy atom. The van der Waals surface area contributed by atoms with E-state index in [1.807, 2.05) is 36.4 Å². The predicted molar refractivity (Wildman–Crippen MR) is 134 cm³/mol. The summed E-state index contributed by atoms with van der Waals surface area (Å²) in [6, 6.07) is 22.0. The first-order chi connectivity index (χ1) is 17.4. The third-order valence-corrected chi connectivity index (χ3v) is 7.16. The van der Waals surface area contributed by atoms with Crippen LogP contribution in [0.15, 0.2) is 90.2 Å². The number of nitriles is 1. The Bertz CT molecular complexity index is 1570. The molecule has 1 N–H and O–H groups in total. The molecule has 0 saturated heterocycles. The minimum absolute atomic E-state index is 0.0630. The smallest absolute Gasteiger partial charge is 0.294 e. The van der Waals surface area contributed by atoms with Gasteiger partial charge in [0.2, 0.25) is 5.78 Å². The summed E-state index contributed by atoms with van der Waals surface area (Å²) in [5.41, 5.74) is 1.80. The Kier molecular flexibility index (Phi) is 5.92. The van der Waals surface area contributed by atoms with Crippen LogP contribution in [-0.4, -0.2) is 21.8 Å². The zero-order valence-corrected chi connectivity index (χ0v) is 19.8. The first-order valence-corrected chi connectivity index (χ1v) is 11.8. The topological polar surface area (TPSA) is 94.3 Å². The number of carbonyl (C=O) groups excluding carboxylic acids is 2. The van der Waals surface area contributed by atoms with Gasteiger partial charge in [-0.1, -0.05) is 48.5 Å². The number of carbonyl (C=O) groups is 2. The molecule has 4 aromatic rings. The summed E-state index contributed by atoms with van der Waals surface area (Å²) in [4.78, 5) is 33.1. The highest BCUT2D eigenvalue weighted by Crippen LogP contribution is 2.44. The molecule has 1 atom stereocenters. The highest BCUT2D eigenvalue weighted by molar-refractivity contribution is 7.17. The molecule has 2 heterocycles. The number of amides is 1. The SMILES string of the molecule is Cc1nc(-c2ccccc2)sc1C(=O)C1=C(O)C(=O)N(c2ccc(C#N)cc2)C1c1ccccc1F. The summed E-state index contributed by atoms with van der Waals surface area (Å²) >= 11 is 1.15. The summed E-state index contributed by atoms with van der Waals surface area (Å²) < 4.78 is 15.0. The van der Waals surface area contributed by atoms with Crippen molar-refractivity contribution in [3.05, 3.63) is 118 Å². The minimum Gasteiger partial charge on any atom is -0.503 e. The van der Waals surface area contributed by atoms with Crippen LogP contribution in [0, 0.1) is 24.1 Å². The maximum Gasteiger partial charge on any atom is 0.294 e. The molecule has 0 spiro atoms. The largest absolute Gasteiger partial charge is 0.503 e. The van der Waals surface area contributed by atoms with E-state index < -0.39 is 29.3 Å². The second kappa shape index (κ2) is 9.21. The second-order valence-corrected chi connectivity index (χ2v) is 9.15. The molecule has 1 amide bonds. The minimum atomic E-state index is -1.21. The van der Waals surface area contributed by atoms with Crippen LogP contribution in [0.1, 0.15) is 32.5 Å². The molecule has 6 nitrogen and oxygen atoms in total. The van der Waals surface area contributed by atoms with Crippen molar-refractivity contribution in [3.63, 3.8) is 0 Å². The van der Waals surface area contributed by atoms with Gasteiger partial charge in [-0.05, 0) is 37.3 Å². The van der Waals surface area contributed by atoms with E-state index in [1.54, 1.807) is 13.0 Å². The normalized spacial score (nSPS) is 15.3. The molecule has 0 aliphatic carbocycles. The number of aliphatic hydroxyl groups excluding tert-OH is 1. The number of thiazole rings is 1. The number of ketones is 1. The van der Waals surface area contributed by atoms with Crippen LogP contribution < -0.4 is 4.90 Å². The van der Waals surface area contributed by atoms with Crippen LogP contribution in [0.2, 0.25) is 0 Å². The fourth-order valence-electron chi connectivity index (χ4n) is 4.22. The number of aliphatic hydroxyl groups is 1. The Labute approximate surface area is 210 Å². The van der Waals surface area contributed by atoms with Gasteiger partial charge in [-0.25, -0.2) is 9.37 Å². The number of aryl methyl sites for hydroxylation is 1. The van der Waals surface area contributed by atoms with Gasteiger partial charge in [0.1, 0.15) is 10.8 Å². The van der Waals surface area contributed by atoms with E-state index in [9.17, 15) is 14.7 Å². The molecule has 5 rings (SSSR count). The average Bonchev–Trinajstić information content (AvgIpc) is 3.42. The fraction of sp³-hybridized carbons (Fsp3) is 0.0714. The highest BCUT2D eigenvalue weighted by atomic mass is 32.1. The number of nitrogens with zero attached hydrogens (tertiary/aromatic N) is 3. The fourth-order valence-corrected chi connectivity index (χ4v) is 5.25. The zero-order chi connectivity index (χ0) is 25.4. The van der Waals surface area contributed by atoms with Gasteiger partial charge >= 0.3 is 0 Å². The molecule has 36 heavy (non-hydrogen) atoms. The molecule has 1 aliphatic rings. The first kappa shape index (κ1) is 23.1. The van der Waals surface area contributed by atoms with E-state index in [2.05, 4.69) is 4.98 Å². The molecule has 3 aromatic carbocycles. The lowest BCUT2D eigenvalue weighted by molar-refractivity contribution is -0.117. The first-order valence-electron chi connectivity index (χ1n) is 11.0. The number of anilines is 1. The summed E-state index contributed by atoms with van der Waals surface area (Å²) in [6.07, 6.45) is 0. The number of aromatic nitrogens is 1. The number of halogens is 1. The molecule has 0 saturated carbocycles. The summed E-state index contributed by atoms with van der Waals surface area (Å²) in [5, 5.41) is 20.7. The lowest BCUT2D eigenvalue weighted by Crippen LogP contribution is -2.31. The van der Waals surface area contributed by atoms with Gasteiger partial charge in [-0.15, -0.1) is 11.3 Å². The van der Waals surface area contributed by atoms with Crippen LogP contribution in [0.25, 0.3) is 10.6 Å². The zero-order valence-electron chi connectivity index (χ0n) is 19.0. The number of benzene rings is 3. The van der Waals surface area contributed by atoms with E-state index >= 15 is 4.39 Å². The molecule has 1 unspecified atom stereocenters. The van der Waals surface area contributed by atoms with Crippen LogP contribution in [0.5, 0.6) is 0 Å². The van der Waals surface area contributed by atoms with Gasteiger partial charge < -0.3 is 5.11 Å². The van der Waals surface area contributed by atoms with E-state index in [-0.39, 0.29) is 16.0 Å². The van der Waals surface area contributed by atoms with Crippen molar-refractivity contribution < 1.29 is 19.1 Å². The molecule has 0 fully saturated rings. The third kappa shape index (κ3) is 3.85. The van der Waals surface area contributed by atoms with Crippen molar-refractivity contribution in [1.29, 1.82) is 5.26 Å². The predicted octanol–water partition coefficient (Wildman–Crippen LogP) is 5.91. The number of rotatable bonds is 5. The second-order valence-electron chi connectivity index (χ2n) is 8.15. The molecule has 0 radical (unpaired) electrons. The average molecular weight is 496 g/mol. The van der Waals surface area contributed by atoms with Gasteiger partial charge in [0, 0.05) is 16.8 Å². The van der Waals surface area contributed by atoms with E-state index in [0.717, 1.165) is 16.9 Å². The van der Waals surface area contributed by atoms with Crippen molar-refractivity contribution >= 4 is 28.7 Å². The van der Waals surface area contributed by atoms with Crippen LogP contribution in [0.4, 0.5) is 10.1 Å². The van der Waals surface area contributed by atoms with Crippen molar-refractivity contribution in [2.45, 2.75) is 13.0 Å². The monoisotopic (exact) mass is 495 g/mol.